The van der Waals surface area contributed by atoms with E-state index in [1.165, 1.54) is 6.42 Å². The summed E-state index contributed by atoms with van der Waals surface area (Å²) in [6.07, 6.45) is 3.83. The van der Waals surface area contributed by atoms with Crippen molar-refractivity contribution in [1.82, 2.24) is 0 Å². The lowest BCUT2D eigenvalue weighted by atomic mass is 9.80. The van der Waals surface area contributed by atoms with Gasteiger partial charge >= 0.3 is 0 Å². The molecule has 0 amide bonds. The molecule has 0 heterocycles. The Morgan fingerprint density at radius 3 is 2.47 bits per heavy atom. The van der Waals surface area contributed by atoms with E-state index >= 15 is 0 Å². The number of anilines is 2. The fourth-order valence-corrected chi connectivity index (χ4v) is 2.42. The predicted molar refractivity (Wildman–Crippen MR) is 71.9 cm³/mol. The van der Waals surface area contributed by atoms with Crippen LogP contribution < -0.4 is 16.2 Å². The third-order valence-electron chi connectivity index (χ3n) is 3.91. The largest absolute Gasteiger partial charge is 0.490 e. The molecular weight excluding hydrogens is 212 g/mol. The number of nitrogen functional groups attached to an aromatic ring is 2. The van der Waals surface area contributed by atoms with Gasteiger partial charge in [0.25, 0.3) is 0 Å². The first-order chi connectivity index (χ1) is 8.06. The maximum absolute atomic E-state index is 5.97. The van der Waals surface area contributed by atoms with Gasteiger partial charge in [-0.1, -0.05) is 13.8 Å². The first kappa shape index (κ1) is 12.1. The average molecular weight is 234 g/mol. The second-order valence-corrected chi connectivity index (χ2v) is 5.30. The second kappa shape index (κ2) is 4.86. The minimum absolute atomic E-state index is 0.323. The molecule has 0 spiro atoms. The molecule has 1 saturated carbocycles. The van der Waals surface area contributed by atoms with Crippen molar-refractivity contribution in [2.45, 2.75) is 39.2 Å². The Bertz CT molecular complexity index is 392. The summed E-state index contributed by atoms with van der Waals surface area (Å²) in [6, 6.07) is 5.52. The summed E-state index contributed by atoms with van der Waals surface area (Å²) in [5, 5.41) is 0. The van der Waals surface area contributed by atoms with Crippen LogP contribution in [0.2, 0.25) is 0 Å². The highest BCUT2D eigenvalue weighted by molar-refractivity contribution is 5.65. The number of nitrogens with two attached hydrogens (primary N) is 2. The van der Waals surface area contributed by atoms with Crippen LogP contribution in [-0.4, -0.2) is 6.10 Å². The Kier molecular flexibility index (Phi) is 3.46. The summed E-state index contributed by atoms with van der Waals surface area (Å²) < 4.78 is 5.97. The van der Waals surface area contributed by atoms with Gasteiger partial charge in [0.2, 0.25) is 0 Å². The molecule has 1 aliphatic carbocycles. The SMILES string of the molecule is CC1CCC(Oc2ccc(N)c(N)c2)CC1C. The van der Waals surface area contributed by atoms with Crippen molar-refractivity contribution in [2.75, 3.05) is 11.5 Å². The highest BCUT2D eigenvalue weighted by atomic mass is 16.5. The van der Waals surface area contributed by atoms with Gasteiger partial charge in [0.05, 0.1) is 17.5 Å². The van der Waals surface area contributed by atoms with Crippen LogP contribution in [0.5, 0.6) is 5.75 Å². The topological polar surface area (TPSA) is 61.3 Å². The Morgan fingerprint density at radius 2 is 1.82 bits per heavy atom. The van der Waals surface area contributed by atoms with Gasteiger partial charge in [-0.3, -0.25) is 0 Å². The van der Waals surface area contributed by atoms with Gasteiger partial charge in [0, 0.05) is 6.07 Å². The quantitative estimate of drug-likeness (QED) is 0.773. The van der Waals surface area contributed by atoms with Crippen molar-refractivity contribution in [3.63, 3.8) is 0 Å². The van der Waals surface area contributed by atoms with E-state index in [1.54, 1.807) is 6.07 Å². The summed E-state index contributed by atoms with van der Waals surface area (Å²) in [6.45, 7) is 4.62. The first-order valence-electron chi connectivity index (χ1n) is 6.38. The molecule has 0 bridgehead atoms. The maximum atomic E-state index is 5.97. The molecule has 1 aromatic rings. The molecule has 1 aliphatic rings. The standard InChI is InChI=1S/C14H22N2O/c1-9-3-4-11(7-10(9)2)17-12-5-6-13(15)14(16)8-12/h5-6,8-11H,3-4,7,15-16H2,1-2H3. The van der Waals surface area contributed by atoms with Crippen LogP contribution in [0.25, 0.3) is 0 Å². The molecule has 1 aromatic carbocycles. The van der Waals surface area contributed by atoms with Crippen LogP contribution in [0.1, 0.15) is 33.1 Å². The van der Waals surface area contributed by atoms with Crippen molar-refractivity contribution >= 4 is 11.4 Å². The summed E-state index contributed by atoms with van der Waals surface area (Å²) in [5.74, 6) is 2.38. The van der Waals surface area contributed by atoms with Crippen molar-refractivity contribution < 1.29 is 4.74 Å². The van der Waals surface area contributed by atoms with Crippen LogP contribution >= 0.6 is 0 Å². The monoisotopic (exact) mass is 234 g/mol. The van der Waals surface area contributed by atoms with Gasteiger partial charge in [-0.15, -0.1) is 0 Å². The summed E-state index contributed by atoms with van der Waals surface area (Å²) in [4.78, 5) is 0. The van der Waals surface area contributed by atoms with E-state index in [0.29, 0.717) is 17.5 Å². The third kappa shape index (κ3) is 2.84. The molecule has 94 valence electrons. The van der Waals surface area contributed by atoms with Gasteiger partial charge in [-0.05, 0) is 43.2 Å². The molecule has 0 aromatic heterocycles. The molecule has 3 nitrogen and oxygen atoms in total. The van der Waals surface area contributed by atoms with E-state index in [2.05, 4.69) is 13.8 Å². The summed E-state index contributed by atoms with van der Waals surface area (Å²) >= 11 is 0. The Hall–Kier alpha value is -1.38. The zero-order valence-electron chi connectivity index (χ0n) is 10.6. The van der Waals surface area contributed by atoms with E-state index in [-0.39, 0.29) is 0 Å². The summed E-state index contributed by atoms with van der Waals surface area (Å²) in [7, 11) is 0. The van der Waals surface area contributed by atoms with Crippen molar-refractivity contribution in [3.05, 3.63) is 18.2 Å². The molecule has 3 atom stereocenters. The van der Waals surface area contributed by atoms with Crippen LogP contribution in [-0.2, 0) is 0 Å². The predicted octanol–water partition coefficient (Wildman–Crippen LogP) is 3.05. The third-order valence-corrected chi connectivity index (χ3v) is 3.91. The van der Waals surface area contributed by atoms with Gasteiger partial charge in [-0.25, -0.2) is 0 Å². The van der Waals surface area contributed by atoms with Crippen LogP contribution in [0.3, 0.4) is 0 Å². The molecule has 0 aliphatic heterocycles. The lowest BCUT2D eigenvalue weighted by Crippen LogP contribution is -2.28. The zero-order valence-corrected chi connectivity index (χ0v) is 10.6. The van der Waals surface area contributed by atoms with E-state index in [0.717, 1.165) is 30.4 Å². The lowest BCUT2D eigenvalue weighted by Gasteiger charge is -2.32. The van der Waals surface area contributed by atoms with E-state index < -0.39 is 0 Å². The zero-order chi connectivity index (χ0) is 12.4. The highest BCUT2D eigenvalue weighted by Gasteiger charge is 2.25. The number of ether oxygens (including phenoxy) is 1. The Labute approximate surface area is 103 Å². The lowest BCUT2D eigenvalue weighted by molar-refractivity contribution is 0.101. The molecule has 1 fully saturated rings. The molecule has 2 rings (SSSR count). The Balaban J connectivity index is 1.99. The highest BCUT2D eigenvalue weighted by Crippen LogP contribution is 2.32. The van der Waals surface area contributed by atoms with E-state index in [4.69, 9.17) is 16.2 Å². The van der Waals surface area contributed by atoms with Crippen molar-refractivity contribution in [1.29, 1.82) is 0 Å². The van der Waals surface area contributed by atoms with E-state index in [9.17, 15) is 0 Å². The molecule has 0 radical (unpaired) electrons. The number of hydrogen-bond acceptors (Lipinski definition) is 3. The number of hydrogen-bond donors (Lipinski definition) is 2. The van der Waals surface area contributed by atoms with Gasteiger partial charge < -0.3 is 16.2 Å². The second-order valence-electron chi connectivity index (χ2n) is 5.30. The Morgan fingerprint density at radius 1 is 1.06 bits per heavy atom. The minimum atomic E-state index is 0.323. The molecule has 4 N–H and O–H groups in total. The summed E-state index contributed by atoms with van der Waals surface area (Å²) in [5.41, 5.74) is 12.7. The normalized spacial score (nSPS) is 28.9. The van der Waals surface area contributed by atoms with Gasteiger partial charge in [0.15, 0.2) is 0 Å². The minimum Gasteiger partial charge on any atom is -0.490 e. The molecule has 3 unspecified atom stereocenters. The van der Waals surface area contributed by atoms with Crippen LogP contribution in [0.4, 0.5) is 11.4 Å². The van der Waals surface area contributed by atoms with Crippen molar-refractivity contribution in [2.24, 2.45) is 11.8 Å². The van der Waals surface area contributed by atoms with Gasteiger partial charge in [0.1, 0.15) is 5.75 Å². The van der Waals surface area contributed by atoms with Crippen LogP contribution in [0.15, 0.2) is 18.2 Å². The molecular formula is C14H22N2O. The molecule has 3 heteroatoms. The number of rotatable bonds is 2. The molecule has 17 heavy (non-hydrogen) atoms. The fraction of sp³-hybridized carbons (Fsp3) is 0.571. The van der Waals surface area contributed by atoms with Crippen molar-refractivity contribution in [3.8, 4) is 5.75 Å². The van der Waals surface area contributed by atoms with Gasteiger partial charge in [-0.2, -0.15) is 0 Å². The fourth-order valence-electron chi connectivity index (χ4n) is 2.42. The smallest absolute Gasteiger partial charge is 0.121 e. The maximum Gasteiger partial charge on any atom is 0.121 e. The first-order valence-corrected chi connectivity index (χ1v) is 6.38. The van der Waals surface area contributed by atoms with Crippen LogP contribution in [0, 0.1) is 11.8 Å². The van der Waals surface area contributed by atoms with E-state index in [1.807, 2.05) is 12.1 Å². The molecule has 0 saturated heterocycles. The average Bonchev–Trinajstić information content (AvgIpc) is 2.29. The number of benzene rings is 1.